The van der Waals surface area contributed by atoms with Crippen LogP contribution in [0.5, 0.6) is 0 Å². The van der Waals surface area contributed by atoms with Gasteiger partial charge in [0.25, 0.3) is 0 Å². The van der Waals surface area contributed by atoms with Crippen molar-refractivity contribution < 1.29 is 14.6 Å². The molecule has 0 amide bonds. The van der Waals surface area contributed by atoms with Gasteiger partial charge in [0.15, 0.2) is 0 Å². The highest BCUT2D eigenvalue weighted by Crippen LogP contribution is 2.09. The molecular weight excluding hydrogens is 230 g/mol. The van der Waals surface area contributed by atoms with Gasteiger partial charge in [-0.3, -0.25) is 0 Å². The number of rotatable bonds is 5. The van der Waals surface area contributed by atoms with E-state index in [1.165, 1.54) is 0 Å². The van der Waals surface area contributed by atoms with Crippen LogP contribution in [0.25, 0.3) is 0 Å². The van der Waals surface area contributed by atoms with Crippen molar-refractivity contribution in [3.63, 3.8) is 0 Å². The summed E-state index contributed by atoms with van der Waals surface area (Å²) in [4.78, 5) is 11.6. The first-order chi connectivity index (χ1) is 8.42. The smallest absolute Gasteiger partial charge is 0.338 e. The van der Waals surface area contributed by atoms with E-state index in [2.05, 4.69) is 26.1 Å². The molecule has 0 radical (unpaired) electrons. The van der Waals surface area contributed by atoms with Crippen LogP contribution in [0.3, 0.4) is 0 Å². The monoisotopic (exact) mass is 251 g/mol. The first kappa shape index (κ1) is 14.7. The van der Waals surface area contributed by atoms with Gasteiger partial charge in [0.1, 0.15) is 6.61 Å². The van der Waals surface area contributed by atoms with Crippen molar-refractivity contribution in [1.29, 1.82) is 0 Å². The van der Waals surface area contributed by atoms with Gasteiger partial charge < -0.3 is 15.2 Å². The van der Waals surface area contributed by atoms with Crippen LogP contribution in [0.1, 0.15) is 36.7 Å². The lowest BCUT2D eigenvalue weighted by Crippen LogP contribution is -2.35. The Bertz CT molecular complexity index is 396. The Kier molecular flexibility index (Phi) is 5.31. The molecule has 0 aromatic heterocycles. The summed E-state index contributed by atoms with van der Waals surface area (Å²) >= 11 is 0. The van der Waals surface area contributed by atoms with E-state index < -0.39 is 5.97 Å². The zero-order valence-electron chi connectivity index (χ0n) is 11.2. The number of ether oxygens (including phenoxy) is 1. The van der Waals surface area contributed by atoms with Gasteiger partial charge in [-0.25, -0.2) is 4.79 Å². The zero-order valence-corrected chi connectivity index (χ0v) is 11.2. The van der Waals surface area contributed by atoms with E-state index in [1.54, 1.807) is 12.1 Å². The SMILES string of the molecule is CC(C)(C)NCc1cccc(C(=O)OCCO)c1. The maximum atomic E-state index is 11.6. The lowest BCUT2D eigenvalue weighted by molar-refractivity contribution is 0.0433. The van der Waals surface area contributed by atoms with Gasteiger partial charge in [0, 0.05) is 12.1 Å². The van der Waals surface area contributed by atoms with Gasteiger partial charge in [-0.1, -0.05) is 12.1 Å². The Morgan fingerprint density at radius 1 is 1.39 bits per heavy atom. The van der Waals surface area contributed by atoms with Crippen LogP contribution in [0.2, 0.25) is 0 Å². The second-order valence-corrected chi connectivity index (χ2v) is 5.16. The highest BCUT2D eigenvalue weighted by atomic mass is 16.5. The predicted molar refractivity (Wildman–Crippen MR) is 70.4 cm³/mol. The maximum absolute atomic E-state index is 11.6. The van der Waals surface area contributed by atoms with Crippen LogP contribution < -0.4 is 5.32 Å². The van der Waals surface area contributed by atoms with Crippen LogP contribution in [-0.4, -0.2) is 29.8 Å². The van der Waals surface area contributed by atoms with Crippen molar-refractivity contribution in [3.05, 3.63) is 35.4 Å². The van der Waals surface area contributed by atoms with Crippen molar-refractivity contribution in [2.45, 2.75) is 32.9 Å². The summed E-state index contributed by atoms with van der Waals surface area (Å²) in [7, 11) is 0. The topological polar surface area (TPSA) is 58.6 Å². The fourth-order valence-electron chi connectivity index (χ4n) is 1.40. The summed E-state index contributed by atoms with van der Waals surface area (Å²) in [5.41, 5.74) is 1.58. The largest absolute Gasteiger partial charge is 0.460 e. The fraction of sp³-hybridized carbons (Fsp3) is 0.500. The van der Waals surface area contributed by atoms with Gasteiger partial charge in [-0.05, 0) is 38.5 Å². The van der Waals surface area contributed by atoms with E-state index in [0.29, 0.717) is 12.1 Å². The van der Waals surface area contributed by atoms with Crippen LogP contribution in [0, 0.1) is 0 Å². The Labute approximate surface area is 108 Å². The molecule has 4 heteroatoms. The molecule has 0 saturated carbocycles. The van der Waals surface area contributed by atoms with E-state index in [-0.39, 0.29) is 18.8 Å². The van der Waals surface area contributed by atoms with Crippen LogP contribution in [-0.2, 0) is 11.3 Å². The highest BCUT2D eigenvalue weighted by Gasteiger charge is 2.10. The van der Waals surface area contributed by atoms with Crippen molar-refractivity contribution in [2.75, 3.05) is 13.2 Å². The average molecular weight is 251 g/mol. The Morgan fingerprint density at radius 3 is 2.72 bits per heavy atom. The highest BCUT2D eigenvalue weighted by molar-refractivity contribution is 5.89. The number of esters is 1. The van der Waals surface area contributed by atoms with E-state index >= 15 is 0 Å². The summed E-state index contributed by atoms with van der Waals surface area (Å²) in [6.45, 7) is 6.84. The Balaban J connectivity index is 2.64. The Hall–Kier alpha value is -1.39. The molecule has 1 aromatic rings. The number of benzene rings is 1. The molecule has 100 valence electrons. The van der Waals surface area contributed by atoms with E-state index in [1.807, 2.05) is 12.1 Å². The summed E-state index contributed by atoms with van der Waals surface area (Å²) in [5, 5.41) is 12.0. The standard InChI is InChI=1S/C14H21NO3/c1-14(2,3)15-10-11-5-4-6-12(9-11)13(17)18-8-7-16/h4-6,9,15-16H,7-8,10H2,1-3H3. The molecule has 4 nitrogen and oxygen atoms in total. The fourth-order valence-corrected chi connectivity index (χ4v) is 1.40. The van der Waals surface area contributed by atoms with Gasteiger partial charge in [-0.2, -0.15) is 0 Å². The lowest BCUT2D eigenvalue weighted by atomic mass is 10.1. The summed E-state index contributed by atoms with van der Waals surface area (Å²) < 4.78 is 4.87. The minimum absolute atomic E-state index is 0.0311. The number of hydrogen-bond donors (Lipinski definition) is 2. The zero-order chi connectivity index (χ0) is 13.6. The third-order valence-electron chi connectivity index (χ3n) is 2.31. The second kappa shape index (κ2) is 6.52. The molecule has 0 atom stereocenters. The molecule has 0 saturated heterocycles. The van der Waals surface area contributed by atoms with Gasteiger partial charge in [-0.15, -0.1) is 0 Å². The number of nitrogens with one attached hydrogen (secondary N) is 1. The normalized spacial score (nSPS) is 11.3. The van der Waals surface area contributed by atoms with Gasteiger partial charge in [0.2, 0.25) is 0 Å². The first-order valence-corrected chi connectivity index (χ1v) is 6.04. The number of carbonyl (C=O) groups is 1. The molecule has 0 aliphatic carbocycles. The number of hydrogen-bond acceptors (Lipinski definition) is 4. The maximum Gasteiger partial charge on any atom is 0.338 e. The summed E-state index contributed by atoms with van der Waals surface area (Å²) in [6, 6.07) is 7.30. The molecule has 0 heterocycles. The average Bonchev–Trinajstić information content (AvgIpc) is 2.33. The molecule has 1 rings (SSSR count). The third kappa shape index (κ3) is 5.29. The molecule has 0 aliphatic rings. The van der Waals surface area contributed by atoms with E-state index in [0.717, 1.165) is 5.56 Å². The molecule has 0 bridgehead atoms. The second-order valence-electron chi connectivity index (χ2n) is 5.16. The van der Waals surface area contributed by atoms with Crippen LogP contribution in [0.4, 0.5) is 0 Å². The number of carbonyl (C=O) groups excluding carboxylic acids is 1. The Morgan fingerprint density at radius 2 is 2.11 bits per heavy atom. The minimum Gasteiger partial charge on any atom is -0.460 e. The number of aliphatic hydroxyl groups is 1. The molecule has 1 aromatic carbocycles. The quantitative estimate of drug-likeness (QED) is 0.782. The molecule has 18 heavy (non-hydrogen) atoms. The minimum atomic E-state index is -0.401. The first-order valence-electron chi connectivity index (χ1n) is 6.04. The van der Waals surface area contributed by atoms with Gasteiger partial charge >= 0.3 is 5.97 Å². The molecule has 0 aliphatic heterocycles. The van der Waals surface area contributed by atoms with Crippen molar-refractivity contribution in [2.24, 2.45) is 0 Å². The van der Waals surface area contributed by atoms with Crippen LogP contribution in [0.15, 0.2) is 24.3 Å². The molecule has 0 fully saturated rings. The van der Waals surface area contributed by atoms with E-state index in [9.17, 15) is 4.79 Å². The molecular formula is C14H21NO3. The molecule has 2 N–H and O–H groups in total. The van der Waals surface area contributed by atoms with Crippen molar-refractivity contribution in [3.8, 4) is 0 Å². The lowest BCUT2D eigenvalue weighted by Gasteiger charge is -2.20. The van der Waals surface area contributed by atoms with Gasteiger partial charge in [0.05, 0.1) is 12.2 Å². The summed E-state index contributed by atoms with van der Waals surface area (Å²) in [6.07, 6.45) is 0. The van der Waals surface area contributed by atoms with E-state index in [4.69, 9.17) is 9.84 Å². The molecule has 0 spiro atoms. The van der Waals surface area contributed by atoms with Crippen molar-refractivity contribution in [1.82, 2.24) is 5.32 Å². The number of aliphatic hydroxyl groups excluding tert-OH is 1. The molecule has 0 unspecified atom stereocenters. The predicted octanol–water partition coefficient (Wildman–Crippen LogP) is 1.72. The van der Waals surface area contributed by atoms with Crippen molar-refractivity contribution >= 4 is 5.97 Å². The summed E-state index contributed by atoms with van der Waals surface area (Å²) in [5.74, 6) is -0.401. The third-order valence-corrected chi connectivity index (χ3v) is 2.31. The van der Waals surface area contributed by atoms with Crippen LogP contribution >= 0.6 is 0 Å².